The van der Waals surface area contributed by atoms with Crippen molar-refractivity contribution in [1.82, 2.24) is 10.2 Å². The van der Waals surface area contributed by atoms with Gasteiger partial charge in [0.25, 0.3) is 0 Å². The van der Waals surface area contributed by atoms with Crippen molar-refractivity contribution >= 4 is 28.2 Å². The molecule has 0 saturated heterocycles. The molecule has 0 spiro atoms. The van der Waals surface area contributed by atoms with Gasteiger partial charge in [-0.25, -0.2) is 0 Å². The van der Waals surface area contributed by atoms with E-state index in [9.17, 15) is 0 Å². The number of nitrogens with two attached hydrogens (primary N) is 1. The first-order valence-corrected chi connectivity index (χ1v) is 5.95. The normalized spacial score (nSPS) is 10.4. The fourth-order valence-electron chi connectivity index (χ4n) is 0.731. The van der Waals surface area contributed by atoms with Crippen molar-refractivity contribution in [2.24, 2.45) is 0 Å². The Labute approximate surface area is 80.8 Å². The minimum absolute atomic E-state index is 0.570. The number of unbranched alkanes of at least 4 members (excludes halogenated alkanes) is 1. The smallest absolute Gasteiger partial charge is 0.203 e. The predicted octanol–water partition coefficient (Wildman–Crippen LogP) is 2.15. The standard InChI is InChI=1S/C7H13N3S2/c1-2-3-4-11-5-6-9-10-7(8)12-6/h2-5H2,1H3,(H2,8,10). The molecule has 0 fully saturated rings. The van der Waals surface area contributed by atoms with Crippen LogP contribution in [0.3, 0.4) is 0 Å². The van der Waals surface area contributed by atoms with Crippen molar-refractivity contribution in [2.75, 3.05) is 11.5 Å². The quantitative estimate of drug-likeness (QED) is 0.745. The van der Waals surface area contributed by atoms with E-state index in [1.54, 1.807) is 0 Å². The summed E-state index contributed by atoms with van der Waals surface area (Å²) in [5.74, 6) is 2.16. The van der Waals surface area contributed by atoms with E-state index in [1.807, 2.05) is 11.8 Å². The monoisotopic (exact) mass is 203 g/mol. The highest BCUT2D eigenvalue weighted by Gasteiger charge is 1.99. The Bertz CT molecular complexity index is 224. The minimum atomic E-state index is 0.570. The summed E-state index contributed by atoms with van der Waals surface area (Å²) >= 11 is 3.38. The molecule has 0 atom stereocenters. The lowest BCUT2D eigenvalue weighted by atomic mass is 10.4. The van der Waals surface area contributed by atoms with Gasteiger partial charge in [-0.1, -0.05) is 24.7 Å². The van der Waals surface area contributed by atoms with Gasteiger partial charge in [-0.2, -0.15) is 11.8 Å². The predicted molar refractivity (Wildman–Crippen MR) is 55.4 cm³/mol. The maximum Gasteiger partial charge on any atom is 0.203 e. The fourth-order valence-corrected chi connectivity index (χ4v) is 2.49. The van der Waals surface area contributed by atoms with Crippen LogP contribution in [-0.2, 0) is 5.75 Å². The number of rotatable bonds is 5. The lowest BCUT2D eigenvalue weighted by Crippen LogP contribution is -1.82. The van der Waals surface area contributed by atoms with Crippen LogP contribution in [0.1, 0.15) is 24.8 Å². The first kappa shape index (κ1) is 9.80. The van der Waals surface area contributed by atoms with Crippen LogP contribution in [0.15, 0.2) is 0 Å². The summed E-state index contributed by atoms with van der Waals surface area (Å²) in [6, 6.07) is 0. The lowest BCUT2D eigenvalue weighted by molar-refractivity contribution is 0.895. The van der Waals surface area contributed by atoms with Gasteiger partial charge in [0.2, 0.25) is 5.13 Å². The Morgan fingerprint density at radius 2 is 2.33 bits per heavy atom. The van der Waals surface area contributed by atoms with E-state index in [0.717, 1.165) is 10.8 Å². The van der Waals surface area contributed by atoms with Crippen LogP contribution in [-0.4, -0.2) is 16.0 Å². The average Bonchev–Trinajstić information content (AvgIpc) is 2.45. The molecular weight excluding hydrogens is 190 g/mol. The molecule has 0 aliphatic rings. The van der Waals surface area contributed by atoms with Gasteiger partial charge in [-0.15, -0.1) is 10.2 Å². The van der Waals surface area contributed by atoms with Crippen molar-refractivity contribution in [3.05, 3.63) is 5.01 Å². The number of hydrogen-bond donors (Lipinski definition) is 1. The largest absolute Gasteiger partial charge is 0.374 e. The van der Waals surface area contributed by atoms with Gasteiger partial charge < -0.3 is 5.73 Å². The summed E-state index contributed by atoms with van der Waals surface area (Å²) < 4.78 is 0. The summed E-state index contributed by atoms with van der Waals surface area (Å²) in [5.41, 5.74) is 5.44. The molecule has 1 aromatic heterocycles. The molecule has 0 bridgehead atoms. The molecule has 0 aliphatic heterocycles. The summed E-state index contributed by atoms with van der Waals surface area (Å²) in [4.78, 5) is 0. The van der Waals surface area contributed by atoms with E-state index < -0.39 is 0 Å². The highest BCUT2D eigenvalue weighted by Crippen LogP contribution is 2.18. The molecule has 3 nitrogen and oxygen atoms in total. The summed E-state index contributed by atoms with van der Waals surface area (Å²) in [6.45, 7) is 2.20. The molecule has 1 rings (SSSR count). The highest BCUT2D eigenvalue weighted by atomic mass is 32.2. The second kappa shape index (κ2) is 5.37. The molecule has 2 N–H and O–H groups in total. The second-order valence-electron chi connectivity index (χ2n) is 2.44. The van der Waals surface area contributed by atoms with Gasteiger partial charge >= 0.3 is 0 Å². The molecule has 0 aliphatic carbocycles. The summed E-state index contributed by atoms with van der Waals surface area (Å²) in [5, 5.41) is 9.29. The van der Waals surface area contributed by atoms with Crippen LogP contribution in [0.2, 0.25) is 0 Å². The van der Waals surface area contributed by atoms with Crippen molar-refractivity contribution in [3.63, 3.8) is 0 Å². The fraction of sp³-hybridized carbons (Fsp3) is 0.714. The number of anilines is 1. The Morgan fingerprint density at radius 1 is 1.50 bits per heavy atom. The van der Waals surface area contributed by atoms with Crippen LogP contribution in [0, 0.1) is 0 Å². The molecule has 1 aromatic rings. The molecule has 68 valence electrons. The molecule has 1 heterocycles. The maximum atomic E-state index is 5.44. The molecule has 12 heavy (non-hydrogen) atoms. The molecule has 0 aromatic carbocycles. The number of nitrogens with zero attached hydrogens (tertiary/aromatic N) is 2. The first-order valence-electron chi connectivity index (χ1n) is 3.98. The average molecular weight is 203 g/mol. The van der Waals surface area contributed by atoms with Gasteiger partial charge in [0.1, 0.15) is 5.01 Å². The van der Waals surface area contributed by atoms with E-state index in [-0.39, 0.29) is 0 Å². The van der Waals surface area contributed by atoms with Gasteiger partial charge in [0.05, 0.1) is 0 Å². The molecule has 0 radical (unpaired) electrons. The van der Waals surface area contributed by atoms with Crippen LogP contribution in [0.4, 0.5) is 5.13 Å². The van der Waals surface area contributed by atoms with Crippen LogP contribution >= 0.6 is 23.1 Å². The maximum absolute atomic E-state index is 5.44. The number of thioether (sulfide) groups is 1. The van der Waals surface area contributed by atoms with Crippen molar-refractivity contribution in [1.29, 1.82) is 0 Å². The third-order valence-electron chi connectivity index (χ3n) is 1.35. The molecule has 0 amide bonds. The zero-order valence-corrected chi connectivity index (χ0v) is 8.75. The van der Waals surface area contributed by atoms with E-state index >= 15 is 0 Å². The molecule has 0 saturated carbocycles. The zero-order valence-electron chi connectivity index (χ0n) is 7.12. The Morgan fingerprint density at radius 3 is 2.92 bits per heavy atom. The second-order valence-corrected chi connectivity index (χ2v) is 4.64. The first-order chi connectivity index (χ1) is 5.83. The zero-order chi connectivity index (χ0) is 8.81. The van der Waals surface area contributed by atoms with Crippen LogP contribution in [0.25, 0.3) is 0 Å². The van der Waals surface area contributed by atoms with Gasteiger partial charge in [-0.05, 0) is 12.2 Å². The summed E-state index contributed by atoms with van der Waals surface area (Å²) in [7, 11) is 0. The van der Waals surface area contributed by atoms with Crippen molar-refractivity contribution in [2.45, 2.75) is 25.5 Å². The Balaban J connectivity index is 2.15. The third kappa shape index (κ3) is 3.40. The topological polar surface area (TPSA) is 51.8 Å². The van der Waals surface area contributed by atoms with Crippen LogP contribution < -0.4 is 5.73 Å². The Hall–Kier alpha value is -0.290. The number of nitrogen functional groups attached to an aromatic ring is 1. The number of hydrogen-bond acceptors (Lipinski definition) is 5. The highest BCUT2D eigenvalue weighted by molar-refractivity contribution is 7.98. The SMILES string of the molecule is CCCCSCc1nnc(N)s1. The van der Waals surface area contributed by atoms with Gasteiger partial charge in [-0.3, -0.25) is 0 Å². The summed E-state index contributed by atoms with van der Waals surface area (Å²) in [6.07, 6.45) is 2.53. The van der Waals surface area contributed by atoms with Gasteiger partial charge in [0.15, 0.2) is 0 Å². The van der Waals surface area contributed by atoms with Crippen molar-refractivity contribution in [3.8, 4) is 0 Å². The minimum Gasteiger partial charge on any atom is -0.374 e. The Kier molecular flexibility index (Phi) is 4.39. The van der Waals surface area contributed by atoms with E-state index in [0.29, 0.717) is 5.13 Å². The van der Waals surface area contributed by atoms with Crippen molar-refractivity contribution < 1.29 is 0 Å². The molecule has 5 heteroatoms. The van der Waals surface area contributed by atoms with E-state index in [4.69, 9.17) is 5.73 Å². The van der Waals surface area contributed by atoms with E-state index in [1.165, 1.54) is 29.9 Å². The lowest BCUT2D eigenvalue weighted by Gasteiger charge is -1.94. The van der Waals surface area contributed by atoms with E-state index in [2.05, 4.69) is 17.1 Å². The van der Waals surface area contributed by atoms with Gasteiger partial charge in [0, 0.05) is 5.75 Å². The number of aromatic nitrogens is 2. The molecule has 0 unspecified atom stereocenters. The molecular formula is C7H13N3S2. The third-order valence-corrected chi connectivity index (χ3v) is 3.34. The van der Waals surface area contributed by atoms with Crippen LogP contribution in [0.5, 0.6) is 0 Å².